The Morgan fingerprint density at radius 2 is 1.56 bits per heavy atom. The van der Waals surface area contributed by atoms with Gasteiger partial charge in [-0.1, -0.05) is 59.8 Å². The third-order valence-corrected chi connectivity index (χ3v) is 3.06. The van der Waals surface area contributed by atoms with E-state index in [0.29, 0.717) is 6.42 Å². The van der Waals surface area contributed by atoms with E-state index in [-0.39, 0.29) is 17.2 Å². The molecule has 0 radical (unpaired) electrons. The van der Waals surface area contributed by atoms with Crippen LogP contribution in [0.4, 0.5) is 0 Å². The molecule has 0 rings (SSSR count). The van der Waals surface area contributed by atoms with Crippen molar-refractivity contribution in [1.82, 2.24) is 0 Å². The first-order valence-electron chi connectivity index (χ1n) is 6.68. The summed E-state index contributed by atoms with van der Waals surface area (Å²) in [6, 6.07) is -0.303. The van der Waals surface area contributed by atoms with Crippen LogP contribution in [0.15, 0.2) is 0 Å². The Hall–Kier alpha value is -0.370. The van der Waals surface area contributed by atoms with E-state index in [0.717, 1.165) is 6.42 Å². The number of carbonyl (C=O) groups excluding carboxylic acids is 1. The number of ketones is 1. The van der Waals surface area contributed by atoms with E-state index in [2.05, 4.69) is 6.92 Å². The SMILES string of the molecule is CCCCCCCCC(=O)C(N)C(C)(C)C. The molecule has 0 bridgehead atoms. The van der Waals surface area contributed by atoms with Gasteiger partial charge in [0, 0.05) is 6.42 Å². The molecule has 0 heterocycles. The van der Waals surface area contributed by atoms with Crippen LogP contribution in [-0.2, 0) is 4.79 Å². The van der Waals surface area contributed by atoms with Crippen LogP contribution in [0.3, 0.4) is 0 Å². The summed E-state index contributed by atoms with van der Waals surface area (Å²) in [7, 11) is 0. The third kappa shape index (κ3) is 7.00. The van der Waals surface area contributed by atoms with Gasteiger partial charge in [-0.15, -0.1) is 0 Å². The van der Waals surface area contributed by atoms with Gasteiger partial charge in [-0.05, 0) is 11.8 Å². The van der Waals surface area contributed by atoms with Crippen molar-refractivity contribution >= 4 is 5.78 Å². The number of unbranched alkanes of at least 4 members (excludes halogenated alkanes) is 5. The predicted molar refractivity (Wildman–Crippen MR) is 70.4 cm³/mol. The summed E-state index contributed by atoms with van der Waals surface area (Å²) in [5, 5.41) is 0. The molecule has 0 aromatic rings. The second kappa shape index (κ2) is 7.83. The first kappa shape index (κ1) is 15.6. The molecular weight excluding hydrogens is 198 g/mol. The van der Waals surface area contributed by atoms with Gasteiger partial charge in [0.15, 0.2) is 0 Å². The molecule has 1 unspecified atom stereocenters. The van der Waals surface area contributed by atoms with Crippen molar-refractivity contribution in [3.05, 3.63) is 0 Å². The van der Waals surface area contributed by atoms with Crippen molar-refractivity contribution < 1.29 is 4.79 Å². The molecule has 0 aromatic heterocycles. The van der Waals surface area contributed by atoms with Crippen molar-refractivity contribution in [2.75, 3.05) is 0 Å². The fraction of sp³-hybridized carbons (Fsp3) is 0.929. The Balaban J connectivity index is 3.58. The van der Waals surface area contributed by atoms with E-state index in [4.69, 9.17) is 5.73 Å². The van der Waals surface area contributed by atoms with Gasteiger partial charge >= 0.3 is 0 Å². The molecule has 2 nitrogen and oxygen atoms in total. The number of rotatable bonds is 8. The second-order valence-corrected chi connectivity index (χ2v) is 5.83. The topological polar surface area (TPSA) is 43.1 Å². The summed E-state index contributed by atoms with van der Waals surface area (Å²) in [5.74, 6) is 0.225. The summed E-state index contributed by atoms with van der Waals surface area (Å²) in [5.41, 5.74) is 5.81. The lowest BCUT2D eigenvalue weighted by atomic mass is 9.83. The second-order valence-electron chi connectivity index (χ2n) is 5.83. The molecule has 0 aromatic carbocycles. The average molecular weight is 227 g/mol. The summed E-state index contributed by atoms with van der Waals surface area (Å²) in [4.78, 5) is 11.8. The monoisotopic (exact) mass is 227 g/mol. The summed E-state index contributed by atoms with van der Waals surface area (Å²) >= 11 is 0. The largest absolute Gasteiger partial charge is 0.321 e. The smallest absolute Gasteiger partial charge is 0.150 e. The zero-order valence-corrected chi connectivity index (χ0v) is 11.5. The molecule has 0 aliphatic rings. The standard InChI is InChI=1S/C14H29NO/c1-5-6-7-8-9-10-11-12(16)13(15)14(2,3)4/h13H,5-11,15H2,1-4H3. The van der Waals surface area contributed by atoms with Crippen LogP contribution in [0.25, 0.3) is 0 Å². The van der Waals surface area contributed by atoms with E-state index >= 15 is 0 Å². The quantitative estimate of drug-likeness (QED) is 0.643. The lowest BCUT2D eigenvalue weighted by molar-refractivity contribution is -0.122. The minimum absolute atomic E-state index is 0.0979. The minimum Gasteiger partial charge on any atom is -0.321 e. The number of nitrogens with two attached hydrogens (primary N) is 1. The summed E-state index contributed by atoms with van der Waals surface area (Å²) < 4.78 is 0. The molecule has 0 amide bonds. The van der Waals surface area contributed by atoms with Crippen LogP contribution in [-0.4, -0.2) is 11.8 Å². The Morgan fingerprint density at radius 3 is 2.06 bits per heavy atom. The summed E-state index contributed by atoms with van der Waals surface area (Å²) in [6.45, 7) is 8.29. The van der Waals surface area contributed by atoms with Crippen LogP contribution in [0.5, 0.6) is 0 Å². The fourth-order valence-electron chi connectivity index (χ4n) is 1.72. The number of hydrogen-bond donors (Lipinski definition) is 1. The third-order valence-electron chi connectivity index (χ3n) is 3.06. The van der Waals surface area contributed by atoms with Gasteiger partial charge in [0.2, 0.25) is 0 Å². The molecular formula is C14H29NO. The first-order valence-corrected chi connectivity index (χ1v) is 6.68. The Kier molecular flexibility index (Phi) is 7.65. The molecule has 0 saturated carbocycles. The molecule has 16 heavy (non-hydrogen) atoms. The van der Waals surface area contributed by atoms with E-state index in [1.165, 1.54) is 32.1 Å². The van der Waals surface area contributed by atoms with Gasteiger partial charge in [0.1, 0.15) is 5.78 Å². The van der Waals surface area contributed by atoms with Gasteiger partial charge in [-0.3, -0.25) is 4.79 Å². The van der Waals surface area contributed by atoms with Gasteiger partial charge in [0.05, 0.1) is 6.04 Å². The van der Waals surface area contributed by atoms with Crippen molar-refractivity contribution in [3.63, 3.8) is 0 Å². The molecule has 2 heteroatoms. The number of Topliss-reactive ketones (excluding diaryl/α,β-unsaturated/α-hetero) is 1. The lowest BCUT2D eigenvalue weighted by Crippen LogP contribution is -2.42. The zero-order valence-electron chi connectivity index (χ0n) is 11.5. The lowest BCUT2D eigenvalue weighted by Gasteiger charge is -2.25. The van der Waals surface area contributed by atoms with E-state index < -0.39 is 0 Å². The average Bonchev–Trinajstić information content (AvgIpc) is 2.20. The van der Waals surface area contributed by atoms with E-state index in [1.54, 1.807) is 0 Å². The predicted octanol–water partition coefficient (Wildman–Crippen LogP) is 3.68. The maximum absolute atomic E-state index is 11.8. The molecule has 96 valence electrons. The highest BCUT2D eigenvalue weighted by molar-refractivity contribution is 5.84. The van der Waals surface area contributed by atoms with Crippen LogP contribution in [0.2, 0.25) is 0 Å². The van der Waals surface area contributed by atoms with Crippen LogP contribution in [0, 0.1) is 5.41 Å². The van der Waals surface area contributed by atoms with Crippen molar-refractivity contribution in [2.24, 2.45) is 11.1 Å². The molecule has 1 atom stereocenters. The minimum atomic E-state index is -0.303. The van der Waals surface area contributed by atoms with Gasteiger partial charge in [-0.2, -0.15) is 0 Å². The van der Waals surface area contributed by atoms with Crippen molar-refractivity contribution in [2.45, 2.75) is 78.7 Å². The van der Waals surface area contributed by atoms with Crippen molar-refractivity contribution in [1.29, 1.82) is 0 Å². The normalized spacial score (nSPS) is 13.8. The maximum atomic E-state index is 11.8. The number of carbonyl (C=O) groups is 1. The molecule has 0 spiro atoms. The Labute approximate surface area is 101 Å². The maximum Gasteiger partial charge on any atom is 0.150 e. The van der Waals surface area contributed by atoms with E-state index in [9.17, 15) is 4.79 Å². The van der Waals surface area contributed by atoms with Crippen molar-refractivity contribution in [3.8, 4) is 0 Å². The summed E-state index contributed by atoms with van der Waals surface area (Å²) in [6.07, 6.45) is 7.98. The molecule has 0 fully saturated rings. The van der Waals surface area contributed by atoms with Crippen LogP contribution in [0.1, 0.15) is 72.6 Å². The highest BCUT2D eigenvalue weighted by atomic mass is 16.1. The zero-order chi connectivity index (χ0) is 12.6. The highest BCUT2D eigenvalue weighted by Gasteiger charge is 2.26. The Bertz CT molecular complexity index is 193. The Morgan fingerprint density at radius 1 is 1.06 bits per heavy atom. The molecule has 2 N–H and O–H groups in total. The van der Waals surface area contributed by atoms with Gasteiger partial charge in [0.25, 0.3) is 0 Å². The van der Waals surface area contributed by atoms with Gasteiger partial charge < -0.3 is 5.73 Å². The van der Waals surface area contributed by atoms with Gasteiger partial charge in [-0.25, -0.2) is 0 Å². The number of hydrogen-bond acceptors (Lipinski definition) is 2. The molecule has 0 aliphatic carbocycles. The highest BCUT2D eigenvalue weighted by Crippen LogP contribution is 2.19. The molecule has 0 aliphatic heterocycles. The fourth-order valence-corrected chi connectivity index (χ4v) is 1.72. The first-order chi connectivity index (χ1) is 7.39. The van der Waals surface area contributed by atoms with Crippen LogP contribution >= 0.6 is 0 Å². The molecule has 0 saturated heterocycles. The van der Waals surface area contributed by atoms with E-state index in [1.807, 2.05) is 20.8 Å². The van der Waals surface area contributed by atoms with Crippen LogP contribution < -0.4 is 5.73 Å².